The summed E-state index contributed by atoms with van der Waals surface area (Å²) >= 11 is 3.44. The van der Waals surface area contributed by atoms with Crippen LogP contribution in [-0.2, 0) is 5.41 Å². The molecule has 3 nitrogen and oxygen atoms in total. The number of aromatic nitrogens is 2. The molecule has 0 aliphatic carbocycles. The first-order chi connectivity index (χ1) is 13.9. The van der Waals surface area contributed by atoms with Crippen molar-refractivity contribution in [3.05, 3.63) is 65.2 Å². The van der Waals surface area contributed by atoms with Crippen molar-refractivity contribution in [1.29, 1.82) is 0 Å². The Morgan fingerprint density at radius 1 is 0.966 bits per heavy atom. The van der Waals surface area contributed by atoms with Gasteiger partial charge in [0.15, 0.2) is 0 Å². The van der Waals surface area contributed by atoms with E-state index in [2.05, 4.69) is 60.4 Å². The van der Waals surface area contributed by atoms with Crippen molar-refractivity contribution in [2.75, 3.05) is 0 Å². The zero-order chi connectivity index (χ0) is 20.2. The first-order valence-corrected chi connectivity index (χ1v) is 11.2. The Hall–Kier alpha value is -2.76. The van der Waals surface area contributed by atoms with E-state index in [4.69, 9.17) is 0 Å². The van der Waals surface area contributed by atoms with Crippen LogP contribution in [0.15, 0.2) is 59.7 Å². The first-order valence-electron chi connectivity index (χ1n) is 9.45. The SMILES string of the molecule is CC(C)(C)c1cc(-c2ncncc2-c2c(O)ccc3sccc23)cc2ccsc12. The Morgan fingerprint density at radius 3 is 2.62 bits per heavy atom. The van der Waals surface area contributed by atoms with E-state index in [1.807, 2.05) is 17.6 Å². The standard InChI is InChI=1S/C24H20N2OS2/c1-24(2,3)18-11-15(10-14-6-8-29-23(14)18)22-17(12-25-13-26-22)21-16-7-9-28-20(16)5-4-19(21)27/h4-13,27H,1-3H3. The lowest BCUT2D eigenvalue weighted by molar-refractivity contribution is 0.478. The minimum absolute atomic E-state index is 0.0157. The monoisotopic (exact) mass is 416 g/mol. The highest BCUT2D eigenvalue weighted by Crippen LogP contribution is 2.43. The van der Waals surface area contributed by atoms with Gasteiger partial charge < -0.3 is 5.11 Å². The predicted molar refractivity (Wildman–Crippen MR) is 124 cm³/mol. The molecule has 0 saturated heterocycles. The second-order valence-electron chi connectivity index (χ2n) is 8.19. The quantitative estimate of drug-likeness (QED) is 0.330. The van der Waals surface area contributed by atoms with Gasteiger partial charge in [0.25, 0.3) is 0 Å². The van der Waals surface area contributed by atoms with Crippen LogP contribution in [0.2, 0.25) is 0 Å². The lowest BCUT2D eigenvalue weighted by Gasteiger charge is -2.21. The van der Waals surface area contributed by atoms with Crippen molar-refractivity contribution < 1.29 is 5.11 Å². The van der Waals surface area contributed by atoms with Gasteiger partial charge in [0.05, 0.1) is 5.69 Å². The molecule has 144 valence electrons. The largest absolute Gasteiger partial charge is 0.507 e. The molecule has 0 aliphatic rings. The Kier molecular flexibility index (Phi) is 4.19. The van der Waals surface area contributed by atoms with Gasteiger partial charge in [-0.15, -0.1) is 22.7 Å². The lowest BCUT2D eigenvalue weighted by atomic mass is 9.84. The van der Waals surface area contributed by atoms with Gasteiger partial charge in [-0.25, -0.2) is 9.97 Å². The molecule has 0 spiro atoms. The molecule has 0 fully saturated rings. The highest BCUT2D eigenvalue weighted by molar-refractivity contribution is 7.17. The van der Waals surface area contributed by atoms with Gasteiger partial charge in [0, 0.05) is 37.7 Å². The van der Waals surface area contributed by atoms with Gasteiger partial charge in [0.1, 0.15) is 12.1 Å². The van der Waals surface area contributed by atoms with E-state index in [1.165, 1.54) is 15.6 Å². The maximum absolute atomic E-state index is 10.7. The maximum atomic E-state index is 10.7. The average molecular weight is 417 g/mol. The molecular weight excluding hydrogens is 396 g/mol. The van der Waals surface area contributed by atoms with Crippen LogP contribution in [0.4, 0.5) is 0 Å². The van der Waals surface area contributed by atoms with Crippen LogP contribution in [0.3, 0.4) is 0 Å². The summed E-state index contributed by atoms with van der Waals surface area (Å²) in [5.41, 5.74) is 4.85. The predicted octanol–water partition coefficient (Wildman–Crippen LogP) is 7.24. The Balaban J connectivity index is 1.82. The molecule has 0 atom stereocenters. The van der Waals surface area contributed by atoms with Crippen molar-refractivity contribution in [2.45, 2.75) is 26.2 Å². The first kappa shape index (κ1) is 18.3. The second kappa shape index (κ2) is 6.65. The fourth-order valence-corrected chi connectivity index (χ4v) is 5.73. The molecule has 2 aromatic carbocycles. The van der Waals surface area contributed by atoms with E-state index in [9.17, 15) is 5.11 Å². The van der Waals surface area contributed by atoms with E-state index < -0.39 is 0 Å². The van der Waals surface area contributed by atoms with Crippen molar-refractivity contribution >= 4 is 42.8 Å². The van der Waals surface area contributed by atoms with Crippen molar-refractivity contribution in [2.24, 2.45) is 0 Å². The molecule has 0 radical (unpaired) electrons. The van der Waals surface area contributed by atoms with Gasteiger partial charge in [0.2, 0.25) is 0 Å². The number of phenols is 1. The molecule has 5 heteroatoms. The van der Waals surface area contributed by atoms with Crippen molar-refractivity contribution in [3.8, 4) is 28.1 Å². The summed E-state index contributed by atoms with van der Waals surface area (Å²) in [6.07, 6.45) is 3.39. The molecule has 0 aliphatic heterocycles. The zero-order valence-electron chi connectivity index (χ0n) is 16.4. The summed E-state index contributed by atoms with van der Waals surface area (Å²) in [7, 11) is 0. The third kappa shape index (κ3) is 3.02. The summed E-state index contributed by atoms with van der Waals surface area (Å²) in [5, 5.41) is 17.2. The third-order valence-electron chi connectivity index (χ3n) is 5.23. The summed E-state index contributed by atoms with van der Waals surface area (Å²) in [5.74, 6) is 0.250. The molecule has 5 aromatic rings. The van der Waals surface area contributed by atoms with E-state index >= 15 is 0 Å². The maximum Gasteiger partial charge on any atom is 0.124 e. The normalized spacial score (nSPS) is 12.1. The van der Waals surface area contributed by atoms with Crippen LogP contribution < -0.4 is 0 Å². The molecule has 3 aromatic heterocycles. The van der Waals surface area contributed by atoms with Crippen molar-refractivity contribution in [1.82, 2.24) is 9.97 Å². The van der Waals surface area contributed by atoms with Crippen LogP contribution in [-0.4, -0.2) is 15.1 Å². The van der Waals surface area contributed by atoms with Gasteiger partial charge in [-0.3, -0.25) is 0 Å². The zero-order valence-corrected chi connectivity index (χ0v) is 18.1. The summed E-state index contributed by atoms with van der Waals surface area (Å²) in [4.78, 5) is 8.94. The molecule has 3 heterocycles. The molecule has 29 heavy (non-hydrogen) atoms. The minimum Gasteiger partial charge on any atom is -0.507 e. The summed E-state index contributed by atoms with van der Waals surface area (Å²) < 4.78 is 2.45. The number of fused-ring (bicyclic) bond motifs is 2. The van der Waals surface area contributed by atoms with Gasteiger partial charge in [-0.05, 0) is 63.5 Å². The molecule has 0 amide bonds. The minimum atomic E-state index is 0.0157. The average Bonchev–Trinajstić information content (AvgIpc) is 3.35. The number of phenolic OH excluding ortho intramolecular Hbond substituents is 1. The molecule has 0 bridgehead atoms. The fourth-order valence-electron chi connectivity index (χ4n) is 3.83. The highest BCUT2D eigenvalue weighted by Gasteiger charge is 2.22. The van der Waals surface area contributed by atoms with Gasteiger partial charge >= 0.3 is 0 Å². The summed E-state index contributed by atoms with van der Waals surface area (Å²) in [6.45, 7) is 6.72. The highest BCUT2D eigenvalue weighted by atomic mass is 32.1. The molecule has 0 saturated carbocycles. The molecular formula is C24H20N2OS2. The number of aromatic hydroxyl groups is 1. The van der Waals surface area contributed by atoms with Crippen LogP contribution in [0, 0.1) is 0 Å². The number of rotatable bonds is 2. The van der Waals surface area contributed by atoms with Crippen LogP contribution in [0.25, 0.3) is 42.6 Å². The van der Waals surface area contributed by atoms with Gasteiger partial charge in [-0.1, -0.05) is 20.8 Å². The molecule has 0 unspecified atom stereocenters. The second-order valence-corrected chi connectivity index (χ2v) is 10.1. The van der Waals surface area contributed by atoms with E-state index in [0.717, 1.165) is 32.5 Å². The molecule has 5 rings (SSSR count). The number of benzene rings is 2. The number of hydrogen-bond acceptors (Lipinski definition) is 5. The van der Waals surface area contributed by atoms with E-state index in [-0.39, 0.29) is 11.2 Å². The molecule has 1 N–H and O–H groups in total. The van der Waals surface area contributed by atoms with Gasteiger partial charge in [-0.2, -0.15) is 0 Å². The number of hydrogen-bond donors (Lipinski definition) is 1. The van der Waals surface area contributed by atoms with Crippen molar-refractivity contribution in [3.63, 3.8) is 0 Å². The number of thiophene rings is 2. The fraction of sp³-hybridized carbons (Fsp3) is 0.167. The summed E-state index contributed by atoms with van der Waals surface area (Å²) in [6, 6.07) is 12.4. The number of nitrogens with zero attached hydrogens (tertiary/aromatic N) is 2. The lowest BCUT2D eigenvalue weighted by Crippen LogP contribution is -2.11. The van der Waals surface area contributed by atoms with E-state index in [1.54, 1.807) is 35.1 Å². The van der Waals surface area contributed by atoms with Crippen LogP contribution in [0.1, 0.15) is 26.3 Å². The van der Waals surface area contributed by atoms with E-state index in [0.29, 0.717) is 0 Å². The Bertz CT molecular complexity index is 1360. The third-order valence-corrected chi connectivity index (χ3v) is 7.07. The Morgan fingerprint density at radius 2 is 1.79 bits per heavy atom. The smallest absolute Gasteiger partial charge is 0.124 e. The topological polar surface area (TPSA) is 46.0 Å². The Labute approximate surface area is 177 Å². The van der Waals surface area contributed by atoms with Crippen LogP contribution in [0.5, 0.6) is 5.75 Å². The van der Waals surface area contributed by atoms with Crippen LogP contribution >= 0.6 is 22.7 Å².